The van der Waals surface area contributed by atoms with E-state index in [4.69, 9.17) is 9.11 Å². The Morgan fingerprint density at radius 3 is 1.45 bits per heavy atom. The molecular weight excluding hydrogens is 196 g/mol. The molecule has 0 aliphatic heterocycles. The van der Waals surface area contributed by atoms with E-state index in [1.54, 1.807) is 0 Å². The zero-order valence-electron chi connectivity index (χ0n) is 5.84. The van der Waals surface area contributed by atoms with Crippen molar-refractivity contribution in [3.05, 3.63) is 0 Å². The van der Waals surface area contributed by atoms with Gasteiger partial charge in [0.1, 0.15) is 5.78 Å². The second-order valence-corrected chi connectivity index (χ2v) is 4.96. The van der Waals surface area contributed by atoms with Gasteiger partial charge in [-0.2, -0.15) is 8.42 Å². The molecule has 8 heteroatoms. The second-order valence-electron chi connectivity index (χ2n) is 1.55. The lowest BCUT2D eigenvalue weighted by atomic mass is 10.6. The van der Waals surface area contributed by atoms with Crippen LogP contribution in [-0.2, 0) is 24.1 Å². The molecule has 0 saturated heterocycles. The van der Waals surface area contributed by atoms with Crippen molar-refractivity contribution in [2.45, 2.75) is 13.8 Å². The molecule has 0 fully saturated rings. The molecule has 0 aromatic rings. The highest BCUT2D eigenvalue weighted by molar-refractivity contribution is 8.59. The number of hydrogen-bond donors (Lipinski definition) is 2. The summed E-state index contributed by atoms with van der Waals surface area (Å²) in [6.07, 6.45) is 0. The highest BCUT2D eigenvalue weighted by Gasteiger charge is 2.10. The third kappa shape index (κ3) is 17.7. The second kappa shape index (κ2) is 5.35. The third-order valence-electron chi connectivity index (χ3n) is 0.180. The van der Waals surface area contributed by atoms with Crippen molar-refractivity contribution in [2.24, 2.45) is 0 Å². The molecular formula is C3H8O6S2. The van der Waals surface area contributed by atoms with Crippen LogP contribution in [0.5, 0.6) is 0 Å². The first-order valence-electron chi connectivity index (χ1n) is 2.24. The number of carbonyl (C=O) groups excluding carboxylic acids is 1. The predicted octanol–water partition coefficient (Wildman–Crippen LogP) is -0.394. The molecule has 0 saturated carbocycles. The highest BCUT2D eigenvalue weighted by atomic mass is 33.2. The van der Waals surface area contributed by atoms with Crippen LogP contribution in [0.4, 0.5) is 0 Å². The first kappa shape index (κ1) is 13.3. The van der Waals surface area contributed by atoms with E-state index in [-0.39, 0.29) is 5.78 Å². The summed E-state index contributed by atoms with van der Waals surface area (Å²) in [4.78, 5) is 9.44. The van der Waals surface area contributed by atoms with Gasteiger partial charge >= 0.3 is 19.3 Å². The number of ketones is 1. The first-order chi connectivity index (χ1) is 4.68. The molecule has 1 unspecified atom stereocenters. The normalized spacial score (nSPS) is 12.7. The minimum Gasteiger partial charge on any atom is -0.300 e. The quantitative estimate of drug-likeness (QED) is 0.342. The molecule has 0 heterocycles. The zero-order valence-corrected chi connectivity index (χ0v) is 7.48. The van der Waals surface area contributed by atoms with Gasteiger partial charge in [-0.3, -0.25) is 9.11 Å². The van der Waals surface area contributed by atoms with E-state index >= 15 is 0 Å². The molecule has 0 aromatic carbocycles. The number of hydrogen-bond acceptors (Lipinski definition) is 4. The maximum Gasteiger partial charge on any atom is 0.373 e. The smallest absolute Gasteiger partial charge is 0.300 e. The number of carbonyl (C=O) groups is 1. The fourth-order valence-corrected chi connectivity index (χ4v) is 0. The van der Waals surface area contributed by atoms with Gasteiger partial charge in [-0.25, -0.2) is 4.21 Å². The topological polar surface area (TPSA) is 109 Å². The van der Waals surface area contributed by atoms with Crippen LogP contribution in [0.15, 0.2) is 0 Å². The van der Waals surface area contributed by atoms with Crippen LogP contribution in [-0.4, -0.2) is 27.5 Å². The van der Waals surface area contributed by atoms with Gasteiger partial charge in [0.25, 0.3) is 0 Å². The average Bonchev–Trinajstić information content (AvgIpc) is 1.59. The van der Waals surface area contributed by atoms with Gasteiger partial charge in [-0.1, -0.05) is 0 Å². The summed E-state index contributed by atoms with van der Waals surface area (Å²) in [5, 5.41) is 0. The third-order valence-corrected chi connectivity index (χ3v) is 1.62. The summed E-state index contributed by atoms with van der Waals surface area (Å²) in [6, 6.07) is 0. The van der Waals surface area contributed by atoms with Crippen LogP contribution < -0.4 is 0 Å². The molecule has 0 aliphatic rings. The molecule has 6 nitrogen and oxygen atoms in total. The van der Waals surface area contributed by atoms with Crippen molar-refractivity contribution in [1.82, 2.24) is 0 Å². The molecule has 0 amide bonds. The predicted molar refractivity (Wildman–Crippen MR) is 38.7 cm³/mol. The lowest BCUT2D eigenvalue weighted by Crippen LogP contribution is -2.03. The Morgan fingerprint density at radius 1 is 1.36 bits per heavy atom. The molecule has 0 radical (unpaired) electrons. The molecule has 0 rings (SSSR count). The van der Waals surface area contributed by atoms with Gasteiger partial charge < -0.3 is 4.79 Å². The van der Waals surface area contributed by atoms with Gasteiger partial charge in [-0.15, -0.1) is 0 Å². The standard InChI is InChI=1S/C3H6O.H2O5S2/c1-3(2)4;1-6(2)7(3,4)5/h1-2H3;(H,1,2)(H,3,4,5). The molecule has 0 aromatic heterocycles. The molecule has 11 heavy (non-hydrogen) atoms. The average molecular weight is 204 g/mol. The highest BCUT2D eigenvalue weighted by Crippen LogP contribution is 1.83. The van der Waals surface area contributed by atoms with Gasteiger partial charge in [0.2, 0.25) is 0 Å². The monoisotopic (exact) mass is 204 g/mol. The van der Waals surface area contributed by atoms with Crippen LogP contribution in [0, 0.1) is 0 Å². The summed E-state index contributed by atoms with van der Waals surface area (Å²) in [6.45, 7) is 3.06. The molecule has 1 atom stereocenters. The van der Waals surface area contributed by atoms with E-state index in [1.165, 1.54) is 13.8 Å². The van der Waals surface area contributed by atoms with Gasteiger partial charge in [-0.05, 0) is 13.8 Å². The number of rotatable bonds is 1. The Balaban J connectivity index is 0. The zero-order chi connectivity index (χ0) is 9.65. The van der Waals surface area contributed by atoms with Crippen molar-refractivity contribution in [2.75, 3.05) is 0 Å². The Bertz CT molecular complexity index is 235. The number of Topliss-reactive ketones (excluding diaryl/α,β-unsaturated/α-hetero) is 1. The maximum atomic E-state index is 9.44. The summed E-state index contributed by atoms with van der Waals surface area (Å²) in [7, 11) is -7.87. The Labute approximate surface area is 66.0 Å². The van der Waals surface area contributed by atoms with E-state index in [2.05, 4.69) is 0 Å². The summed E-state index contributed by atoms with van der Waals surface area (Å²) < 4.78 is 43.0. The lowest BCUT2D eigenvalue weighted by molar-refractivity contribution is -0.114. The van der Waals surface area contributed by atoms with E-state index in [0.29, 0.717) is 0 Å². The molecule has 0 spiro atoms. The van der Waals surface area contributed by atoms with Crippen molar-refractivity contribution < 1.29 is 26.5 Å². The summed E-state index contributed by atoms with van der Waals surface area (Å²) in [5.74, 6) is 0.167. The van der Waals surface area contributed by atoms with E-state index < -0.39 is 19.3 Å². The minimum absolute atomic E-state index is 0.167. The Hall–Kier alpha value is -0.310. The SMILES string of the molecule is CC(C)=O.O=S(O)S(=O)(=O)O. The van der Waals surface area contributed by atoms with Crippen LogP contribution in [0.25, 0.3) is 0 Å². The van der Waals surface area contributed by atoms with Crippen LogP contribution in [0.2, 0.25) is 0 Å². The molecule has 0 aliphatic carbocycles. The molecule has 0 bridgehead atoms. The summed E-state index contributed by atoms with van der Waals surface area (Å²) in [5.41, 5.74) is 0. The van der Waals surface area contributed by atoms with Crippen molar-refractivity contribution in [3.63, 3.8) is 0 Å². The fourth-order valence-electron chi connectivity index (χ4n) is 0. The van der Waals surface area contributed by atoms with Crippen molar-refractivity contribution in [3.8, 4) is 0 Å². The van der Waals surface area contributed by atoms with E-state index in [1.807, 2.05) is 0 Å². The van der Waals surface area contributed by atoms with Crippen molar-refractivity contribution in [1.29, 1.82) is 0 Å². The maximum absolute atomic E-state index is 9.44. The fraction of sp³-hybridized carbons (Fsp3) is 0.667. The van der Waals surface area contributed by atoms with E-state index in [0.717, 1.165) is 0 Å². The van der Waals surface area contributed by atoms with Crippen molar-refractivity contribution >= 4 is 25.0 Å². The largest absolute Gasteiger partial charge is 0.373 e. The Kier molecular flexibility index (Phi) is 6.47. The van der Waals surface area contributed by atoms with Gasteiger partial charge in [0, 0.05) is 0 Å². The molecule has 2 N–H and O–H groups in total. The first-order valence-corrected chi connectivity index (χ1v) is 5.30. The molecule has 68 valence electrons. The van der Waals surface area contributed by atoms with E-state index in [9.17, 15) is 17.4 Å². The van der Waals surface area contributed by atoms with Crippen LogP contribution in [0.1, 0.15) is 13.8 Å². The van der Waals surface area contributed by atoms with Crippen LogP contribution in [0.3, 0.4) is 0 Å². The van der Waals surface area contributed by atoms with Gasteiger partial charge in [0.05, 0.1) is 0 Å². The summed E-state index contributed by atoms with van der Waals surface area (Å²) >= 11 is 0. The van der Waals surface area contributed by atoms with Gasteiger partial charge in [0.15, 0.2) is 0 Å². The van der Waals surface area contributed by atoms with Crippen LogP contribution >= 0.6 is 0 Å². The Morgan fingerprint density at radius 2 is 1.45 bits per heavy atom. The lowest BCUT2D eigenvalue weighted by Gasteiger charge is -1.80. The minimum atomic E-state index is -4.71.